The lowest BCUT2D eigenvalue weighted by Crippen LogP contribution is -2.41. The van der Waals surface area contributed by atoms with Gasteiger partial charge in [0.05, 0.1) is 0 Å². The Morgan fingerprint density at radius 1 is 1.20 bits per heavy atom. The molecule has 0 saturated heterocycles. The summed E-state index contributed by atoms with van der Waals surface area (Å²) in [5.74, 6) is 0.195. The number of hydrogen-bond acceptors (Lipinski definition) is 3. The lowest BCUT2D eigenvalue weighted by Gasteiger charge is -2.31. The molecule has 0 amide bonds. The molecule has 0 aromatic carbocycles. The molecule has 0 aromatic rings. The van der Waals surface area contributed by atoms with Crippen LogP contribution < -0.4 is 0 Å². The number of hydrogen-bond donors (Lipinski definition) is 1. The Morgan fingerprint density at radius 2 is 1.67 bits per heavy atom. The second-order valence-electron chi connectivity index (χ2n) is 5.63. The van der Waals surface area contributed by atoms with Gasteiger partial charge in [0.1, 0.15) is 10.3 Å². The summed E-state index contributed by atoms with van der Waals surface area (Å²) in [6, 6.07) is 0. The summed E-state index contributed by atoms with van der Waals surface area (Å²) in [5, 5.41) is 0. The summed E-state index contributed by atoms with van der Waals surface area (Å²) in [6.45, 7) is 7.57. The van der Waals surface area contributed by atoms with Crippen LogP contribution in [0.15, 0.2) is 0 Å². The van der Waals surface area contributed by atoms with Crippen molar-refractivity contribution in [2.75, 3.05) is 0 Å². The molecule has 1 fully saturated rings. The Balaban J connectivity index is 2.63. The Hall–Kier alpha value is -0.180. The molecular formula is C12H22O2S. The van der Waals surface area contributed by atoms with Crippen molar-refractivity contribution in [3.63, 3.8) is 0 Å². The number of thiol groups is 1. The molecule has 1 aliphatic carbocycles. The van der Waals surface area contributed by atoms with Crippen LogP contribution in [0.4, 0.5) is 0 Å². The highest BCUT2D eigenvalue weighted by molar-refractivity contribution is 7.82. The second kappa shape index (κ2) is 4.36. The van der Waals surface area contributed by atoms with Gasteiger partial charge in [-0.15, -0.1) is 0 Å². The topological polar surface area (TPSA) is 26.3 Å². The van der Waals surface area contributed by atoms with Crippen LogP contribution in [0.1, 0.15) is 53.4 Å². The van der Waals surface area contributed by atoms with E-state index < -0.39 is 10.3 Å². The number of esters is 1. The predicted octanol–water partition coefficient (Wildman–Crippen LogP) is 3.21. The van der Waals surface area contributed by atoms with Gasteiger partial charge in [0.15, 0.2) is 0 Å². The molecule has 0 spiro atoms. The monoisotopic (exact) mass is 230 g/mol. The van der Waals surface area contributed by atoms with Crippen LogP contribution in [-0.2, 0) is 9.53 Å². The van der Waals surface area contributed by atoms with Crippen LogP contribution in [-0.4, -0.2) is 16.3 Å². The van der Waals surface area contributed by atoms with E-state index in [2.05, 4.69) is 12.6 Å². The quantitative estimate of drug-likeness (QED) is 0.582. The summed E-state index contributed by atoms with van der Waals surface area (Å²) in [4.78, 5) is 12.0. The summed E-state index contributed by atoms with van der Waals surface area (Å²) >= 11 is 4.51. The molecule has 88 valence electrons. The summed E-state index contributed by atoms with van der Waals surface area (Å²) < 4.78 is 4.78. The van der Waals surface area contributed by atoms with Crippen molar-refractivity contribution in [3.8, 4) is 0 Å². The molecule has 1 aliphatic rings. The van der Waals surface area contributed by atoms with Gasteiger partial charge in [0.25, 0.3) is 0 Å². The lowest BCUT2D eigenvalue weighted by atomic mass is 9.91. The normalized spacial score (nSPS) is 22.5. The molecule has 1 rings (SSSR count). The minimum atomic E-state index is -0.621. The highest BCUT2D eigenvalue weighted by Gasteiger charge is 2.41. The van der Waals surface area contributed by atoms with E-state index in [1.807, 2.05) is 27.7 Å². The maximum atomic E-state index is 12.0. The Kier molecular flexibility index (Phi) is 3.75. The fraction of sp³-hybridized carbons (Fsp3) is 0.917. The van der Waals surface area contributed by atoms with E-state index in [0.717, 1.165) is 12.8 Å². The Morgan fingerprint density at radius 3 is 2.07 bits per heavy atom. The third kappa shape index (κ3) is 3.40. The summed E-state index contributed by atoms with van der Waals surface area (Å²) in [5.41, 5.74) is -0.417. The minimum absolute atomic E-state index is 0.176. The van der Waals surface area contributed by atoms with Crippen molar-refractivity contribution < 1.29 is 9.53 Å². The maximum Gasteiger partial charge on any atom is 0.322 e. The van der Waals surface area contributed by atoms with Gasteiger partial charge in [-0.05, 0) is 46.5 Å². The number of ether oxygens (including phenoxy) is 1. The van der Waals surface area contributed by atoms with Gasteiger partial charge < -0.3 is 4.74 Å². The highest BCUT2D eigenvalue weighted by Crippen LogP contribution is 2.39. The fourth-order valence-electron chi connectivity index (χ4n) is 2.04. The molecule has 0 bridgehead atoms. The van der Waals surface area contributed by atoms with Crippen LogP contribution >= 0.6 is 12.6 Å². The average Bonchev–Trinajstić information content (AvgIpc) is 2.52. The largest absolute Gasteiger partial charge is 0.459 e. The van der Waals surface area contributed by atoms with Crippen molar-refractivity contribution in [1.82, 2.24) is 0 Å². The van der Waals surface area contributed by atoms with Gasteiger partial charge in [-0.3, -0.25) is 4.79 Å². The zero-order chi connectivity index (χ0) is 11.7. The van der Waals surface area contributed by atoms with Crippen LogP contribution in [0, 0.1) is 5.92 Å². The van der Waals surface area contributed by atoms with E-state index in [1.165, 1.54) is 12.8 Å². The van der Waals surface area contributed by atoms with Crippen molar-refractivity contribution in [3.05, 3.63) is 0 Å². The standard InChI is InChI=1S/C12H22O2S/c1-11(2,3)14-10(13)12(4,15)9-7-5-6-8-9/h9,15H,5-8H2,1-4H3. The average molecular weight is 230 g/mol. The molecule has 0 radical (unpaired) electrons. The molecule has 0 aliphatic heterocycles. The number of rotatable bonds is 2. The van der Waals surface area contributed by atoms with E-state index in [-0.39, 0.29) is 5.97 Å². The van der Waals surface area contributed by atoms with Crippen molar-refractivity contribution >= 4 is 18.6 Å². The fourth-order valence-corrected chi connectivity index (χ4v) is 2.34. The van der Waals surface area contributed by atoms with E-state index >= 15 is 0 Å². The zero-order valence-corrected chi connectivity index (χ0v) is 11.1. The van der Waals surface area contributed by atoms with Gasteiger partial charge in [0, 0.05) is 0 Å². The van der Waals surface area contributed by atoms with Gasteiger partial charge >= 0.3 is 5.97 Å². The van der Waals surface area contributed by atoms with Crippen LogP contribution in [0.2, 0.25) is 0 Å². The molecule has 3 heteroatoms. The first kappa shape index (κ1) is 12.9. The molecule has 15 heavy (non-hydrogen) atoms. The van der Waals surface area contributed by atoms with Gasteiger partial charge in [0.2, 0.25) is 0 Å². The molecule has 1 atom stereocenters. The van der Waals surface area contributed by atoms with Crippen molar-refractivity contribution in [1.29, 1.82) is 0 Å². The highest BCUT2D eigenvalue weighted by atomic mass is 32.1. The molecule has 0 aromatic heterocycles. The van der Waals surface area contributed by atoms with Gasteiger partial charge in [-0.1, -0.05) is 12.8 Å². The van der Waals surface area contributed by atoms with Crippen LogP contribution in [0.3, 0.4) is 0 Å². The first-order valence-corrected chi connectivity index (χ1v) is 6.14. The first-order chi connectivity index (χ1) is 6.73. The molecule has 1 saturated carbocycles. The van der Waals surface area contributed by atoms with Gasteiger partial charge in [-0.25, -0.2) is 0 Å². The number of carbonyl (C=O) groups excluding carboxylic acids is 1. The molecule has 2 nitrogen and oxygen atoms in total. The number of carbonyl (C=O) groups is 1. The first-order valence-electron chi connectivity index (χ1n) is 5.69. The van der Waals surface area contributed by atoms with E-state index in [0.29, 0.717) is 5.92 Å². The third-order valence-corrected chi connectivity index (χ3v) is 3.51. The van der Waals surface area contributed by atoms with E-state index in [9.17, 15) is 4.79 Å². The smallest absolute Gasteiger partial charge is 0.322 e. The SMILES string of the molecule is CC(C)(C)OC(=O)C(C)(S)C1CCCC1. The third-order valence-electron chi connectivity index (χ3n) is 2.96. The molecular weight excluding hydrogens is 208 g/mol. The molecule has 1 unspecified atom stereocenters. The zero-order valence-electron chi connectivity index (χ0n) is 10.2. The lowest BCUT2D eigenvalue weighted by molar-refractivity contribution is -0.158. The molecule has 0 N–H and O–H groups in total. The predicted molar refractivity (Wildman–Crippen MR) is 65.2 cm³/mol. The van der Waals surface area contributed by atoms with Crippen LogP contribution in [0.5, 0.6) is 0 Å². The Bertz CT molecular complexity index is 234. The summed E-state index contributed by atoms with van der Waals surface area (Å²) in [7, 11) is 0. The summed E-state index contributed by atoms with van der Waals surface area (Å²) in [6.07, 6.45) is 4.62. The maximum absolute atomic E-state index is 12.0. The van der Waals surface area contributed by atoms with Crippen LogP contribution in [0.25, 0.3) is 0 Å². The van der Waals surface area contributed by atoms with E-state index in [4.69, 9.17) is 4.74 Å². The second-order valence-corrected chi connectivity index (χ2v) is 6.56. The minimum Gasteiger partial charge on any atom is -0.459 e. The molecule has 0 heterocycles. The van der Waals surface area contributed by atoms with Crippen molar-refractivity contribution in [2.45, 2.75) is 63.7 Å². The van der Waals surface area contributed by atoms with E-state index in [1.54, 1.807) is 0 Å². The van der Waals surface area contributed by atoms with Gasteiger partial charge in [-0.2, -0.15) is 12.6 Å². The van der Waals surface area contributed by atoms with Crippen molar-refractivity contribution in [2.24, 2.45) is 5.92 Å². The Labute approximate surface area is 98.2 Å².